The molecule has 5 heteroatoms. The number of hydrogen-bond donors (Lipinski definition) is 2. The summed E-state index contributed by atoms with van der Waals surface area (Å²) in [6.07, 6.45) is 6.46. The molecule has 23 heavy (non-hydrogen) atoms. The average molecular weight is 309 g/mol. The number of rotatable bonds is 6. The molecule has 2 amide bonds. The summed E-state index contributed by atoms with van der Waals surface area (Å²) < 4.78 is 0. The van der Waals surface area contributed by atoms with Gasteiger partial charge >= 0.3 is 0 Å². The first-order valence-corrected chi connectivity index (χ1v) is 7.35. The predicted octanol–water partition coefficient (Wildman–Crippen LogP) is 1.92. The van der Waals surface area contributed by atoms with Crippen molar-refractivity contribution >= 4 is 17.9 Å². The van der Waals surface area contributed by atoms with Gasteiger partial charge in [0.05, 0.1) is 0 Å². The van der Waals surface area contributed by atoms with Gasteiger partial charge in [0.25, 0.3) is 0 Å². The van der Waals surface area contributed by atoms with E-state index in [2.05, 4.69) is 15.6 Å². The lowest BCUT2D eigenvalue weighted by Crippen LogP contribution is -2.44. The third-order valence-electron chi connectivity index (χ3n) is 3.19. The van der Waals surface area contributed by atoms with Gasteiger partial charge in [-0.25, -0.2) is 0 Å². The van der Waals surface area contributed by atoms with Gasteiger partial charge in [-0.15, -0.1) is 0 Å². The number of amides is 2. The highest BCUT2D eigenvalue weighted by Gasteiger charge is 2.13. The minimum atomic E-state index is -0.607. The number of pyridine rings is 1. The first-order chi connectivity index (χ1) is 11.1. The fraction of sp³-hybridized carbons (Fsp3) is 0.167. The lowest BCUT2D eigenvalue weighted by molar-refractivity contribution is -0.126. The Labute approximate surface area is 135 Å². The van der Waals surface area contributed by atoms with E-state index in [1.807, 2.05) is 42.5 Å². The highest BCUT2D eigenvalue weighted by Crippen LogP contribution is 2.00. The summed E-state index contributed by atoms with van der Waals surface area (Å²) in [6, 6.07) is 12.5. The van der Waals surface area contributed by atoms with Crippen LogP contribution in [0.25, 0.3) is 6.08 Å². The van der Waals surface area contributed by atoms with Crippen molar-refractivity contribution in [2.45, 2.75) is 19.5 Å². The summed E-state index contributed by atoms with van der Waals surface area (Å²) in [5.74, 6) is -0.538. The van der Waals surface area contributed by atoms with E-state index in [1.165, 1.54) is 6.08 Å². The zero-order valence-electron chi connectivity index (χ0n) is 12.9. The Balaban J connectivity index is 1.78. The molecule has 0 spiro atoms. The fourth-order valence-corrected chi connectivity index (χ4v) is 1.91. The monoisotopic (exact) mass is 309 g/mol. The SMILES string of the molecule is CC(NC(=O)/C=C/c1ccccc1)C(=O)NCc1ccncc1. The summed E-state index contributed by atoms with van der Waals surface area (Å²) >= 11 is 0. The Morgan fingerprint density at radius 1 is 1.13 bits per heavy atom. The molecule has 0 radical (unpaired) electrons. The first kappa shape index (κ1) is 16.4. The Morgan fingerprint density at radius 2 is 1.83 bits per heavy atom. The van der Waals surface area contributed by atoms with Gasteiger partial charge in [0.15, 0.2) is 0 Å². The number of nitrogens with zero attached hydrogens (tertiary/aromatic N) is 1. The minimum absolute atomic E-state index is 0.233. The maximum absolute atomic E-state index is 12.0. The maximum atomic E-state index is 12.0. The Bertz CT molecular complexity index is 669. The quantitative estimate of drug-likeness (QED) is 0.801. The summed E-state index contributed by atoms with van der Waals surface area (Å²) in [5.41, 5.74) is 1.88. The molecule has 1 heterocycles. The molecule has 5 nitrogen and oxygen atoms in total. The number of benzene rings is 1. The number of aromatic nitrogens is 1. The van der Waals surface area contributed by atoms with E-state index >= 15 is 0 Å². The van der Waals surface area contributed by atoms with Gasteiger partial charge in [0.2, 0.25) is 11.8 Å². The van der Waals surface area contributed by atoms with Crippen LogP contribution in [0.4, 0.5) is 0 Å². The van der Waals surface area contributed by atoms with Crippen LogP contribution in [-0.4, -0.2) is 22.8 Å². The van der Waals surface area contributed by atoms with Crippen molar-refractivity contribution in [3.63, 3.8) is 0 Å². The van der Waals surface area contributed by atoms with Gasteiger partial charge < -0.3 is 10.6 Å². The van der Waals surface area contributed by atoms with Crippen molar-refractivity contribution < 1.29 is 9.59 Å². The molecule has 2 aromatic rings. The molecule has 0 saturated carbocycles. The fourth-order valence-electron chi connectivity index (χ4n) is 1.91. The number of nitrogens with one attached hydrogen (secondary N) is 2. The molecule has 0 aliphatic heterocycles. The average Bonchev–Trinajstić information content (AvgIpc) is 2.59. The van der Waals surface area contributed by atoms with E-state index in [9.17, 15) is 9.59 Å². The summed E-state index contributed by atoms with van der Waals surface area (Å²) in [6.45, 7) is 2.05. The molecule has 0 saturated heterocycles. The molecule has 1 aromatic heterocycles. The normalized spacial score (nSPS) is 11.9. The van der Waals surface area contributed by atoms with Crippen LogP contribution in [0.5, 0.6) is 0 Å². The Hall–Kier alpha value is -2.95. The summed E-state index contributed by atoms with van der Waals surface area (Å²) in [4.78, 5) is 27.7. The summed E-state index contributed by atoms with van der Waals surface area (Å²) in [5, 5.41) is 5.41. The lowest BCUT2D eigenvalue weighted by Gasteiger charge is -2.13. The molecule has 1 aromatic carbocycles. The highest BCUT2D eigenvalue weighted by atomic mass is 16.2. The third-order valence-corrected chi connectivity index (χ3v) is 3.19. The van der Waals surface area contributed by atoms with Crippen molar-refractivity contribution in [3.05, 3.63) is 72.1 Å². The van der Waals surface area contributed by atoms with E-state index in [1.54, 1.807) is 25.4 Å². The van der Waals surface area contributed by atoms with E-state index < -0.39 is 6.04 Å². The van der Waals surface area contributed by atoms with E-state index in [4.69, 9.17) is 0 Å². The van der Waals surface area contributed by atoms with Crippen LogP contribution in [0.15, 0.2) is 60.9 Å². The van der Waals surface area contributed by atoms with Crippen molar-refractivity contribution in [3.8, 4) is 0 Å². The molecule has 2 rings (SSSR count). The topological polar surface area (TPSA) is 71.1 Å². The smallest absolute Gasteiger partial charge is 0.244 e. The second kappa shape index (κ2) is 8.48. The Kier molecular flexibility index (Phi) is 6.06. The maximum Gasteiger partial charge on any atom is 0.244 e. The molecule has 1 atom stereocenters. The van der Waals surface area contributed by atoms with Crippen LogP contribution in [0.2, 0.25) is 0 Å². The van der Waals surface area contributed by atoms with Gasteiger partial charge in [-0.05, 0) is 36.3 Å². The summed E-state index contributed by atoms with van der Waals surface area (Å²) in [7, 11) is 0. The van der Waals surface area contributed by atoms with E-state index in [0.717, 1.165) is 11.1 Å². The first-order valence-electron chi connectivity index (χ1n) is 7.35. The van der Waals surface area contributed by atoms with E-state index in [0.29, 0.717) is 6.54 Å². The number of carbonyl (C=O) groups excluding carboxylic acids is 2. The van der Waals surface area contributed by atoms with Crippen molar-refractivity contribution in [2.24, 2.45) is 0 Å². The molecular weight excluding hydrogens is 290 g/mol. The van der Waals surface area contributed by atoms with Gasteiger partial charge in [0.1, 0.15) is 6.04 Å². The molecule has 0 bridgehead atoms. The zero-order valence-corrected chi connectivity index (χ0v) is 12.9. The molecule has 0 fully saturated rings. The van der Waals surface area contributed by atoms with Crippen molar-refractivity contribution in [1.29, 1.82) is 0 Å². The van der Waals surface area contributed by atoms with Gasteiger partial charge in [-0.3, -0.25) is 14.6 Å². The van der Waals surface area contributed by atoms with E-state index in [-0.39, 0.29) is 11.8 Å². The largest absolute Gasteiger partial charge is 0.350 e. The standard InChI is InChI=1S/C18H19N3O2/c1-14(18(23)20-13-16-9-11-19-12-10-16)21-17(22)8-7-15-5-3-2-4-6-15/h2-12,14H,13H2,1H3,(H,20,23)(H,21,22)/b8-7+. The molecule has 0 aliphatic carbocycles. The third kappa shape index (κ3) is 5.74. The van der Waals surface area contributed by atoms with Crippen molar-refractivity contribution in [2.75, 3.05) is 0 Å². The van der Waals surface area contributed by atoms with Crippen LogP contribution in [0, 0.1) is 0 Å². The predicted molar refractivity (Wildman–Crippen MR) is 89.2 cm³/mol. The Morgan fingerprint density at radius 3 is 2.52 bits per heavy atom. The zero-order chi connectivity index (χ0) is 16.5. The second-order valence-corrected chi connectivity index (χ2v) is 5.05. The van der Waals surface area contributed by atoms with Crippen LogP contribution in [0.1, 0.15) is 18.1 Å². The second-order valence-electron chi connectivity index (χ2n) is 5.05. The van der Waals surface area contributed by atoms with Crippen LogP contribution in [-0.2, 0) is 16.1 Å². The number of hydrogen-bond acceptors (Lipinski definition) is 3. The lowest BCUT2D eigenvalue weighted by atomic mass is 10.2. The van der Waals surface area contributed by atoms with Crippen LogP contribution < -0.4 is 10.6 Å². The van der Waals surface area contributed by atoms with Crippen molar-refractivity contribution in [1.82, 2.24) is 15.6 Å². The molecular formula is C18H19N3O2. The number of carbonyl (C=O) groups is 2. The van der Waals surface area contributed by atoms with Crippen LogP contribution >= 0.6 is 0 Å². The molecule has 118 valence electrons. The highest BCUT2D eigenvalue weighted by molar-refractivity contribution is 5.95. The molecule has 2 N–H and O–H groups in total. The van der Waals surface area contributed by atoms with Gasteiger partial charge in [-0.1, -0.05) is 30.3 Å². The van der Waals surface area contributed by atoms with Gasteiger partial charge in [-0.2, -0.15) is 0 Å². The van der Waals surface area contributed by atoms with Crippen LogP contribution in [0.3, 0.4) is 0 Å². The molecule has 0 aliphatic rings. The molecule has 1 unspecified atom stereocenters. The van der Waals surface area contributed by atoms with Gasteiger partial charge in [0, 0.05) is 25.0 Å². The minimum Gasteiger partial charge on any atom is -0.350 e.